The number of hydrogen-bond donors (Lipinski definition) is 0. The molecule has 0 aliphatic carbocycles. The van der Waals surface area contributed by atoms with Gasteiger partial charge in [0.2, 0.25) is 26.6 Å². The number of rotatable bonds is 5. The minimum atomic E-state index is -3.99. The van der Waals surface area contributed by atoms with Gasteiger partial charge < -0.3 is 23.5 Å². The highest BCUT2D eigenvalue weighted by atomic mass is 32.2. The van der Waals surface area contributed by atoms with E-state index in [4.69, 9.17) is 18.6 Å². The van der Waals surface area contributed by atoms with Crippen molar-refractivity contribution in [1.82, 2.24) is 4.98 Å². The third-order valence-electron chi connectivity index (χ3n) is 6.15. The number of ether oxygens (including phenoxy) is 3. The first-order valence-corrected chi connectivity index (χ1v) is 12.9. The van der Waals surface area contributed by atoms with Crippen LogP contribution in [0.5, 0.6) is 17.2 Å². The molecule has 1 saturated heterocycles. The second kappa shape index (κ2) is 8.87. The van der Waals surface area contributed by atoms with Crippen LogP contribution >= 0.6 is 0 Å². The van der Waals surface area contributed by atoms with Crippen molar-refractivity contribution >= 4 is 15.7 Å². The van der Waals surface area contributed by atoms with Crippen molar-refractivity contribution < 1.29 is 27.0 Å². The molecule has 0 N–H and O–H groups in total. The van der Waals surface area contributed by atoms with Gasteiger partial charge in [-0.2, -0.15) is 4.98 Å². The Morgan fingerprint density at radius 1 is 0.971 bits per heavy atom. The quantitative estimate of drug-likeness (QED) is 0.525. The molecule has 180 valence electrons. The SMILES string of the molecule is COc1ccc(-c2nc(S(=O)(=O)c3ccc4c(c3)OCCO4)c(N3CC(C)CC(C)C3)o2)cc1. The number of nitrogens with zero attached hydrogens (tertiary/aromatic N) is 2. The number of benzene rings is 2. The highest BCUT2D eigenvalue weighted by Gasteiger charge is 2.35. The molecule has 2 aliphatic heterocycles. The molecule has 9 heteroatoms. The van der Waals surface area contributed by atoms with Crippen molar-refractivity contribution in [1.29, 1.82) is 0 Å². The van der Waals surface area contributed by atoms with Crippen molar-refractivity contribution in [2.75, 3.05) is 38.3 Å². The lowest BCUT2D eigenvalue weighted by molar-refractivity contribution is 0.171. The lowest BCUT2D eigenvalue weighted by Gasteiger charge is -2.34. The van der Waals surface area contributed by atoms with Crippen molar-refractivity contribution in [3.63, 3.8) is 0 Å². The molecule has 1 fully saturated rings. The van der Waals surface area contributed by atoms with Crippen molar-refractivity contribution in [3.8, 4) is 28.7 Å². The van der Waals surface area contributed by atoms with Gasteiger partial charge >= 0.3 is 0 Å². The molecule has 0 saturated carbocycles. The number of hydrogen-bond acceptors (Lipinski definition) is 8. The second-order valence-electron chi connectivity index (χ2n) is 9.02. The van der Waals surface area contributed by atoms with Gasteiger partial charge in [0.1, 0.15) is 19.0 Å². The average molecular weight is 485 g/mol. The maximum Gasteiger partial charge on any atom is 0.236 e. The van der Waals surface area contributed by atoms with Crippen LogP contribution in [0.2, 0.25) is 0 Å². The van der Waals surface area contributed by atoms with Crippen LogP contribution in [-0.2, 0) is 9.84 Å². The normalized spacial score (nSPS) is 20.3. The zero-order valence-electron chi connectivity index (χ0n) is 19.5. The lowest BCUT2D eigenvalue weighted by atomic mass is 9.92. The first kappa shape index (κ1) is 22.6. The third-order valence-corrected chi connectivity index (χ3v) is 7.80. The topological polar surface area (TPSA) is 91.1 Å². The molecule has 2 unspecified atom stereocenters. The van der Waals surface area contributed by atoms with E-state index in [0.29, 0.717) is 61.0 Å². The Morgan fingerprint density at radius 3 is 2.32 bits per heavy atom. The summed E-state index contributed by atoms with van der Waals surface area (Å²) in [6.07, 6.45) is 1.08. The number of methoxy groups -OCH3 is 1. The number of piperidine rings is 1. The highest BCUT2D eigenvalue weighted by Crippen LogP contribution is 2.40. The van der Waals surface area contributed by atoms with Crippen molar-refractivity contribution in [2.45, 2.75) is 30.2 Å². The van der Waals surface area contributed by atoms with E-state index in [2.05, 4.69) is 18.8 Å². The van der Waals surface area contributed by atoms with Crippen molar-refractivity contribution in [3.05, 3.63) is 42.5 Å². The van der Waals surface area contributed by atoms with E-state index in [1.54, 1.807) is 37.4 Å². The maximum absolute atomic E-state index is 13.8. The van der Waals surface area contributed by atoms with Gasteiger partial charge in [0.05, 0.1) is 12.0 Å². The largest absolute Gasteiger partial charge is 0.497 e. The van der Waals surface area contributed by atoms with Crippen LogP contribution in [0.4, 0.5) is 5.88 Å². The molecule has 2 aromatic carbocycles. The van der Waals surface area contributed by atoms with Gasteiger partial charge in [-0.1, -0.05) is 13.8 Å². The summed E-state index contributed by atoms with van der Waals surface area (Å²) in [6, 6.07) is 11.8. The van der Waals surface area contributed by atoms with Crippen LogP contribution < -0.4 is 19.1 Å². The molecule has 0 radical (unpaired) electrons. The van der Waals surface area contributed by atoms with E-state index in [0.717, 1.165) is 6.42 Å². The summed E-state index contributed by atoms with van der Waals surface area (Å²) >= 11 is 0. The Hall–Kier alpha value is -3.20. The molecule has 8 nitrogen and oxygen atoms in total. The molecule has 0 amide bonds. The number of aromatic nitrogens is 1. The maximum atomic E-state index is 13.8. The predicted molar refractivity (Wildman–Crippen MR) is 127 cm³/mol. The first-order valence-electron chi connectivity index (χ1n) is 11.4. The van der Waals surface area contributed by atoms with Gasteiger partial charge in [-0.05, 0) is 54.7 Å². The molecule has 0 bridgehead atoms. The molecule has 2 aliphatic rings. The standard InChI is InChI=1S/C25H28N2O6S/c1-16-12-17(2)15-27(14-16)25-24(26-23(33-25)18-4-6-19(30-3)7-5-18)34(28,29)20-8-9-21-22(13-20)32-11-10-31-21/h4-9,13,16-17H,10-12,14-15H2,1-3H3. The molecule has 3 aromatic rings. The number of anilines is 1. The summed E-state index contributed by atoms with van der Waals surface area (Å²) in [5.74, 6) is 2.97. The second-order valence-corrected chi connectivity index (χ2v) is 10.9. The van der Waals surface area contributed by atoms with Crippen LogP contribution in [0, 0.1) is 11.8 Å². The van der Waals surface area contributed by atoms with Gasteiger partial charge in [-0.3, -0.25) is 0 Å². The van der Waals surface area contributed by atoms with E-state index in [-0.39, 0.29) is 21.7 Å². The van der Waals surface area contributed by atoms with E-state index < -0.39 is 9.84 Å². The number of sulfone groups is 1. The fraction of sp³-hybridized carbons (Fsp3) is 0.400. The molecule has 1 aromatic heterocycles. The molecule has 34 heavy (non-hydrogen) atoms. The average Bonchev–Trinajstić information content (AvgIpc) is 3.30. The molecule has 5 rings (SSSR count). The monoisotopic (exact) mass is 484 g/mol. The molecule has 3 heterocycles. The predicted octanol–water partition coefficient (Wildman–Crippen LogP) is 4.44. The number of oxazole rings is 1. The van der Waals surface area contributed by atoms with Gasteiger partial charge in [0.15, 0.2) is 11.5 Å². The Balaban J connectivity index is 1.61. The number of fused-ring (bicyclic) bond motifs is 1. The zero-order chi connectivity index (χ0) is 23.9. The molecular formula is C25H28N2O6S. The van der Waals surface area contributed by atoms with E-state index in [1.807, 2.05) is 4.90 Å². The van der Waals surface area contributed by atoms with Crippen molar-refractivity contribution in [2.24, 2.45) is 11.8 Å². The van der Waals surface area contributed by atoms with E-state index >= 15 is 0 Å². The van der Waals surface area contributed by atoms with Gasteiger partial charge in [0, 0.05) is 24.7 Å². The molecule has 2 atom stereocenters. The van der Waals surface area contributed by atoms with Crippen LogP contribution in [0.3, 0.4) is 0 Å². The Kier molecular flexibility index (Phi) is 5.89. The molecule has 0 spiro atoms. The molecular weight excluding hydrogens is 456 g/mol. The summed E-state index contributed by atoms with van der Waals surface area (Å²) in [7, 11) is -2.40. The van der Waals surface area contributed by atoms with Gasteiger partial charge in [-0.15, -0.1) is 0 Å². The summed E-state index contributed by atoms with van der Waals surface area (Å²) in [6.45, 7) is 6.53. The third kappa shape index (κ3) is 4.20. The summed E-state index contributed by atoms with van der Waals surface area (Å²) in [5, 5.41) is -0.0868. The van der Waals surface area contributed by atoms with Crippen LogP contribution in [-0.4, -0.2) is 46.8 Å². The van der Waals surface area contributed by atoms with Gasteiger partial charge in [0.25, 0.3) is 0 Å². The zero-order valence-corrected chi connectivity index (χ0v) is 20.3. The minimum Gasteiger partial charge on any atom is -0.497 e. The minimum absolute atomic E-state index is 0.0868. The van der Waals surface area contributed by atoms with Crippen LogP contribution in [0.15, 0.2) is 56.8 Å². The fourth-order valence-electron chi connectivity index (χ4n) is 4.66. The van der Waals surface area contributed by atoms with Crippen LogP contribution in [0.1, 0.15) is 20.3 Å². The van der Waals surface area contributed by atoms with E-state index in [9.17, 15) is 8.42 Å². The Labute approximate surface area is 199 Å². The smallest absolute Gasteiger partial charge is 0.236 e. The van der Waals surface area contributed by atoms with Crippen LogP contribution in [0.25, 0.3) is 11.5 Å². The fourth-order valence-corrected chi connectivity index (χ4v) is 6.00. The Bertz CT molecular complexity index is 1280. The summed E-state index contributed by atoms with van der Waals surface area (Å²) in [5.41, 5.74) is 0.670. The Morgan fingerprint density at radius 2 is 1.65 bits per heavy atom. The summed E-state index contributed by atoms with van der Waals surface area (Å²) < 4.78 is 50.2. The summed E-state index contributed by atoms with van der Waals surface area (Å²) in [4.78, 5) is 6.60. The van der Waals surface area contributed by atoms with E-state index in [1.165, 1.54) is 12.1 Å². The van der Waals surface area contributed by atoms with Gasteiger partial charge in [-0.25, -0.2) is 8.42 Å². The lowest BCUT2D eigenvalue weighted by Crippen LogP contribution is -2.39. The highest BCUT2D eigenvalue weighted by molar-refractivity contribution is 7.91. The first-order chi connectivity index (χ1) is 16.3.